The minimum Gasteiger partial charge on any atom is -0.305 e. The molecule has 0 heterocycles. The normalized spacial score (nSPS) is 13.2. The van der Waals surface area contributed by atoms with Crippen molar-refractivity contribution in [3.63, 3.8) is 0 Å². The smallest absolute Gasteiger partial charge is 0.250 e. The molecule has 0 amide bonds. The molecular formula is C10H11BrF3N. The summed E-state index contributed by atoms with van der Waals surface area (Å²) in [5.41, 5.74) is 0.380. The van der Waals surface area contributed by atoms with Crippen LogP contribution in [0.2, 0.25) is 0 Å². The van der Waals surface area contributed by atoms with Gasteiger partial charge in [0.2, 0.25) is 0 Å². The van der Waals surface area contributed by atoms with Gasteiger partial charge in [-0.1, -0.05) is 12.1 Å². The van der Waals surface area contributed by atoms with Gasteiger partial charge in [-0.2, -0.15) is 0 Å². The van der Waals surface area contributed by atoms with Crippen LogP contribution in [0.5, 0.6) is 0 Å². The maximum atomic E-state index is 13.5. The summed E-state index contributed by atoms with van der Waals surface area (Å²) in [5, 5.41) is 2.56. The van der Waals surface area contributed by atoms with E-state index in [0.717, 1.165) is 0 Å². The largest absolute Gasteiger partial charge is 0.305 e. The SMILES string of the molecule is CC(NCC(F)F)c1cccc(Br)c1F. The zero-order chi connectivity index (χ0) is 11.4. The molecule has 84 valence electrons. The number of nitrogens with one attached hydrogen (secondary N) is 1. The average Bonchev–Trinajstić information content (AvgIpc) is 2.18. The van der Waals surface area contributed by atoms with Crippen molar-refractivity contribution in [2.75, 3.05) is 6.54 Å². The van der Waals surface area contributed by atoms with E-state index in [9.17, 15) is 13.2 Å². The highest BCUT2D eigenvalue weighted by molar-refractivity contribution is 9.10. The lowest BCUT2D eigenvalue weighted by Crippen LogP contribution is -2.25. The van der Waals surface area contributed by atoms with Gasteiger partial charge in [-0.05, 0) is 28.9 Å². The van der Waals surface area contributed by atoms with E-state index in [1.54, 1.807) is 25.1 Å². The predicted molar refractivity (Wildman–Crippen MR) is 56.5 cm³/mol. The first-order valence-electron chi connectivity index (χ1n) is 4.47. The van der Waals surface area contributed by atoms with Crippen molar-refractivity contribution in [1.82, 2.24) is 5.32 Å². The van der Waals surface area contributed by atoms with E-state index in [4.69, 9.17) is 0 Å². The highest BCUT2D eigenvalue weighted by Gasteiger charge is 2.13. The Kier molecular flexibility index (Phi) is 4.60. The molecule has 1 rings (SSSR count). The zero-order valence-corrected chi connectivity index (χ0v) is 9.69. The van der Waals surface area contributed by atoms with E-state index < -0.39 is 24.8 Å². The van der Waals surface area contributed by atoms with Crippen LogP contribution in [0.25, 0.3) is 0 Å². The van der Waals surface area contributed by atoms with Gasteiger partial charge < -0.3 is 5.32 Å². The first-order valence-corrected chi connectivity index (χ1v) is 5.27. The summed E-state index contributed by atoms with van der Waals surface area (Å²) in [6.45, 7) is 1.21. The second-order valence-corrected chi connectivity index (χ2v) is 4.02. The molecule has 0 spiro atoms. The van der Waals surface area contributed by atoms with Crippen LogP contribution in [0, 0.1) is 5.82 Å². The fourth-order valence-electron chi connectivity index (χ4n) is 1.23. The van der Waals surface area contributed by atoms with Crippen LogP contribution in [-0.2, 0) is 0 Å². The Labute approximate surface area is 94.8 Å². The fourth-order valence-corrected chi connectivity index (χ4v) is 1.61. The quantitative estimate of drug-likeness (QED) is 0.891. The van der Waals surface area contributed by atoms with Crippen molar-refractivity contribution in [2.24, 2.45) is 0 Å². The van der Waals surface area contributed by atoms with Crippen LogP contribution in [-0.4, -0.2) is 13.0 Å². The molecule has 1 atom stereocenters. The van der Waals surface area contributed by atoms with Gasteiger partial charge in [0.25, 0.3) is 6.43 Å². The fraction of sp³-hybridized carbons (Fsp3) is 0.400. The monoisotopic (exact) mass is 281 g/mol. The Morgan fingerprint density at radius 1 is 1.40 bits per heavy atom. The Hall–Kier alpha value is -0.550. The molecule has 0 bridgehead atoms. The summed E-state index contributed by atoms with van der Waals surface area (Å²) < 4.78 is 37.7. The van der Waals surface area contributed by atoms with E-state index >= 15 is 0 Å². The molecule has 0 aliphatic heterocycles. The molecule has 1 nitrogen and oxygen atoms in total. The second kappa shape index (κ2) is 5.51. The second-order valence-electron chi connectivity index (χ2n) is 3.16. The van der Waals surface area contributed by atoms with Gasteiger partial charge >= 0.3 is 0 Å². The molecule has 1 N–H and O–H groups in total. The Bertz CT molecular complexity index is 330. The van der Waals surface area contributed by atoms with E-state index in [2.05, 4.69) is 21.2 Å². The van der Waals surface area contributed by atoms with Crippen LogP contribution in [0.15, 0.2) is 22.7 Å². The molecular weight excluding hydrogens is 271 g/mol. The van der Waals surface area contributed by atoms with Crippen molar-refractivity contribution >= 4 is 15.9 Å². The van der Waals surface area contributed by atoms with Crippen molar-refractivity contribution in [1.29, 1.82) is 0 Å². The molecule has 5 heteroatoms. The van der Waals surface area contributed by atoms with Crippen molar-refractivity contribution in [3.8, 4) is 0 Å². The highest BCUT2D eigenvalue weighted by atomic mass is 79.9. The first-order chi connectivity index (χ1) is 7.02. The molecule has 0 radical (unpaired) electrons. The number of halogens is 4. The third-order valence-electron chi connectivity index (χ3n) is 2.03. The molecule has 15 heavy (non-hydrogen) atoms. The van der Waals surface area contributed by atoms with Crippen molar-refractivity contribution < 1.29 is 13.2 Å². The average molecular weight is 282 g/mol. The van der Waals surface area contributed by atoms with E-state index in [1.807, 2.05) is 0 Å². The summed E-state index contributed by atoms with van der Waals surface area (Å²) in [7, 11) is 0. The van der Waals surface area contributed by atoms with Crippen LogP contribution < -0.4 is 5.32 Å². The molecule has 1 aromatic rings. The number of benzene rings is 1. The molecule has 0 saturated carbocycles. The molecule has 1 unspecified atom stereocenters. The summed E-state index contributed by atoms with van der Waals surface area (Å²) in [4.78, 5) is 0. The van der Waals surface area contributed by atoms with Crippen LogP contribution >= 0.6 is 15.9 Å². The van der Waals surface area contributed by atoms with Gasteiger partial charge in [0.15, 0.2) is 0 Å². The summed E-state index contributed by atoms with van der Waals surface area (Å²) in [6.07, 6.45) is -2.43. The van der Waals surface area contributed by atoms with Crippen LogP contribution in [0.3, 0.4) is 0 Å². The highest BCUT2D eigenvalue weighted by Crippen LogP contribution is 2.23. The van der Waals surface area contributed by atoms with Crippen molar-refractivity contribution in [3.05, 3.63) is 34.1 Å². The Balaban J connectivity index is 2.73. The van der Waals surface area contributed by atoms with Gasteiger partial charge in [0.1, 0.15) is 5.82 Å². The lowest BCUT2D eigenvalue weighted by atomic mass is 10.1. The summed E-state index contributed by atoms with van der Waals surface area (Å²) in [5.74, 6) is -0.410. The molecule has 1 aromatic carbocycles. The molecule has 0 aliphatic rings. The topological polar surface area (TPSA) is 12.0 Å². The number of hydrogen-bond donors (Lipinski definition) is 1. The Morgan fingerprint density at radius 2 is 2.07 bits per heavy atom. The zero-order valence-electron chi connectivity index (χ0n) is 8.11. The predicted octanol–water partition coefficient (Wildman–Crippen LogP) is 3.50. The standard InChI is InChI=1S/C10H11BrF3N/c1-6(15-5-9(12)13)7-3-2-4-8(11)10(7)14/h2-4,6,9,15H,5H2,1H3. The number of hydrogen-bond acceptors (Lipinski definition) is 1. The molecule has 0 aliphatic carbocycles. The van der Waals surface area contributed by atoms with Gasteiger partial charge in [-0.25, -0.2) is 13.2 Å². The maximum Gasteiger partial charge on any atom is 0.250 e. The molecule has 0 saturated heterocycles. The Morgan fingerprint density at radius 3 is 2.67 bits per heavy atom. The lowest BCUT2D eigenvalue weighted by Gasteiger charge is -2.15. The minimum absolute atomic E-state index is 0.339. The minimum atomic E-state index is -2.43. The number of alkyl halides is 2. The van der Waals surface area contributed by atoms with Crippen LogP contribution in [0.1, 0.15) is 18.5 Å². The van der Waals surface area contributed by atoms with E-state index in [-0.39, 0.29) is 0 Å². The third kappa shape index (κ3) is 3.50. The van der Waals surface area contributed by atoms with Gasteiger partial charge in [-0.15, -0.1) is 0 Å². The van der Waals surface area contributed by atoms with Crippen molar-refractivity contribution in [2.45, 2.75) is 19.4 Å². The summed E-state index contributed by atoms with van der Waals surface area (Å²) >= 11 is 3.04. The molecule has 0 fully saturated rings. The van der Waals surface area contributed by atoms with Gasteiger partial charge in [0, 0.05) is 11.6 Å². The number of rotatable bonds is 4. The van der Waals surface area contributed by atoms with Crippen LogP contribution in [0.4, 0.5) is 13.2 Å². The third-order valence-corrected chi connectivity index (χ3v) is 2.64. The summed E-state index contributed by atoms with van der Waals surface area (Å²) in [6, 6.07) is 4.38. The van der Waals surface area contributed by atoms with E-state index in [1.165, 1.54) is 0 Å². The molecule has 0 aromatic heterocycles. The van der Waals surface area contributed by atoms with E-state index in [0.29, 0.717) is 10.0 Å². The van der Waals surface area contributed by atoms with Gasteiger partial charge in [0.05, 0.1) is 11.0 Å². The first kappa shape index (κ1) is 12.5. The lowest BCUT2D eigenvalue weighted by molar-refractivity contribution is 0.142. The van der Waals surface area contributed by atoms with Gasteiger partial charge in [-0.3, -0.25) is 0 Å². The maximum absolute atomic E-state index is 13.5.